The highest BCUT2D eigenvalue weighted by Crippen LogP contribution is 2.26. The number of nitrogens with zero attached hydrogens (tertiary/aromatic N) is 4. The zero-order valence-electron chi connectivity index (χ0n) is 20.1. The molecule has 2 bridgehead atoms. The Kier molecular flexibility index (Phi) is 7.70. The average Bonchev–Trinajstić information content (AvgIpc) is 2.81. The van der Waals surface area contributed by atoms with E-state index in [9.17, 15) is 13.2 Å². The Morgan fingerprint density at radius 2 is 1.91 bits per heavy atom. The number of rotatable bonds is 2. The van der Waals surface area contributed by atoms with Crippen LogP contribution in [0.25, 0.3) is 0 Å². The summed E-state index contributed by atoms with van der Waals surface area (Å²) in [7, 11) is -3.52. The maximum atomic E-state index is 13.1. The number of anilines is 1. The molecule has 1 fully saturated rings. The minimum Gasteiger partial charge on any atom is -0.492 e. The first-order valence-electron chi connectivity index (χ1n) is 12.1. The number of carbonyl (C=O) groups excluding carboxylic acids is 1. The molecule has 9 heteroatoms. The standard InChI is InChI=1S/C25H34N4O4S/c1-19-26-18-23(34(2,31)32)25(27-19)28-13-6-10-24(30)29-14-4-3-8-21(29)12-11-20-7-5-9-22(17-20)33-16-15-28/h5,7,9,17-18,21H,3-4,6,8,10-16H2,1-2H3. The van der Waals surface area contributed by atoms with Crippen molar-refractivity contribution in [1.29, 1.82) is 0 Å². The van der Waals surface area contributed by atoms with E-state index in [4.69, 9.17) is 4.74 Å². The fourth-order valence-corrected chi connectivity index (χ4v) is 5.60. The number of sulfone groups is 1. The number of hydrogen-bond donors (Lipinski definition) is 0. The number of fused-ring (bicyclic) bond motifs is 3. The lowest BCUT2D eigenvalue weighted by Crippen LogP contribution is -2.44. The molecule has 2 aliphatic rings. The molecule has 184 valence electrons. The van der Waals surface area contributed by atoms with Crippen molar-refractivity contribution in [2.45, 2.75) is 62.8 Å². The predicted molar refractivity (Wildman–Crippen MR) is 131 cm³/mol. The number of carbonyl (C=O) groups is 1. The summed E-state index contributed by atoms with van der Waals surface area (Å²) in [5, 5.41) is 0. The maximum Gasteiger partial charge on any atom is 0.222 e. The van der Waals surface area contributed by atoms with Gasteiger partial charge in [0.05, 0.1) is 12.7 Å². The first-order chi connectivity index (χ1) is 16.3. The van der Waals surface area contributed by atoms with E-state index in [-0.39, 0.29) is 16.8 Å². The molecule has 0 aliphatic carbocycles. The first-order valence-corrected chi connectivity index (χ1v) is 14.0. The number of benzene rings is 1. The molecule has 2 aromatic rings. The molecule has 2 aliphatic heterocycles. The zero-order valence-corrected chi connectivity index (χ0v) is 20.9. The third kappa shape index (κ3) is 6.05. The van der Waals surface area contributed by atoms with Crippen molar-refractivity contribution in [3.63, 3.8) is 0 Å². The topological polar surface area (TPSA) is 92.7 Å². The van der Waals surface area contributed by atoms with Crippen molar-refractivity contribution < 1.29 is 17.9 Å². The van der Waals surface area contributed by atoms with E-state index < -0.39 is 9.84 Å². The summed E-state index contributed by atoms with van der Waals surface area (Å²) < 4.78 is 30.9. The van der Waals surface area contributed by atoms with Crippen molar-refractivity contribution in [3.05, 3.63) is 41.9 Å². The molecule has 1 saturated heterocycles. The summed E-state index contributed by atoms with van der Waals surface area (Å²) in [4.78, 5) is 25.8. The molecule has 1 amide bonds. The lowest BCUT2D eigenvalue weighted by molar-refractivity contribution is -0.135. The van der Waals surface area contributed by atoms with Gasteiger partial charge in [-0.1, -0.05) is 12.1 Å². The minimum absolute atomic E-state index is 0.0976. The number of aromatic nitrogens is 2. The Hall–Kier alpha value is -2.68. The summed E-state index contributed by atoms with van der Waals surface area (Å²) in [5.41, 5.74) is 1.20. The Morgan fingerprint density at radius 3 is 2.74 bits per heavy atom. The lowest BCUT2D eigenvalue weighted by Gasteiger charge is -2.36. The molecule has 0 saturated carbocycles. The highest BCUT2D eigenvalue weighted by atomic mass is 32.2. The molecule has 34 heavy (non-hydrogen) atoms. The van der Waals surface area contributed by atoms with Crippen molar-refractivity contribution in [3.8, 4) is 5.75 Å². The first kappa shape index (κ1) is 24.4. The van der Waals surface area contributed by atoms with E-state index >= 15 is 0 Å². The fraction of sp³-hybridized carbons (Fsp3) is 0.560. The smallest absolute Gasteiger partial charge is 0.222 e. The van der Waals surface area contributed by atoms with Crippen LogP contribution >= 0.6 is 0 Å². The second-order valence-electron chi connectivity index (χ2n) is 9.24. The van der Waals surface area contributed by atoms with Crippen LogP contribution in [0.4, 0.5) is 5.82 Å². The van der Waals surface area contributed by atoms with E-state index in [1.165, 1.54) is 18.0 Å². The van der Waals surface area contributed by atoms with E-state index in [0.29, 0.717) is 44.2 Å². The summed E-state index contributed by atoms with van der Waals surface area (Å²) in [6.07, 6.45) is 8.71. The highest BCUT2D eigenvalue weighted by Gasteiger charge is 2.27. The zero-order chi connectivity index (χ0) is 24.1. The minimum atomic E-state index is -3.52. The monoisotopic (exact) mass is 486 g/mol. The van der Waals surface area contributed by atoms with Gasteiger partial charge in [0, 0.05) is 31.8 Å². The van der Waals surface area contributed by atoms with E-state index in [1.54, 1.807) is 6.92 Å². The summed E-state index contributed by atoms with van der Waals surface area (Å²) in [5.74, 6) is 1.86. The van der Waals surface area contributed by atoms with Crippen molar-refractivity contribution in [2.75, 3.05) is 37.4 Å². The molecule has 8 nitrogen and oxygen atoms in total. The number of hydrogen-bond acceptors (Lipinski definition) is 7. The van der Waals surface area contributed by atoms with Crippen LogP contribution in [0, 0.1) is 6.92 Å². The van der Waals surface area contributed by atoms with Gasteiger partial charge in [-0.05, 0) is 63.1 Å². The van der Waals surface area contributed by atoms with Gasteiger partial charge in [-0.15, -0.1) is 0 Å². The van der Waals surface area contributed by atoms with Gasteiger partial charge in [0.1, 0.15) is 23.1 Å². The molecule has 1 atom stereocenters. The van der Waals surface area contributed by atoms with E-state index in [2.05, 4.69) is 27.0 Å². The van der Waals surface area contributed by atoms with Gasteiger partial charge in [-0.25, -0.2) is 18.4 Å². The van der Waals surface area contributed by atoms with E-state index in [1.807, 2.05) is 17.0 Å². The quantitative estimate of drug-likeness (QED) is 0.644. The van der Waals surface area contributed by atoms with Crippen LogP contribution in [-0.4, -0.2) is 67.7 Å². The van der Waals surface area contributed by atoms with Crippen LogP contribution in [0.2, 0.25) is 0 Å². The Morgan fingerprint density at radius 1 is 1.06 bits per heavy atom. The number of amides is 1. The van der Waals surface area contributed by atoms with Gasteiger partial charge >= 0.3 is 0 Å². The average molecular weight is 487 g/mol. The maximum absolute atomic E-state index is 13.1. The Balaban J connectivity index is 1.62. The molecular formula is C25H34N4O4S. The van der Waals surface area contributed by atoms with Crippen molar-refractivity contribution in [2.24, 2.45) is 0 Å². The molecule has 1 unspecified atom stereocenters. The van der Waals surface area contributed by atoms with Gasteiger partial charge in [-0.3, -0.25) is 4.79 Å². The number of ether oxygens (including phenoxy) is 1. The fourth-order valence-electron chi connectivity index (χ4n) is 4.85. The summed E-state index contributed by atoms with van der Waals surface area (Å²) in [6, 6.07) is 8.39. The van der Waals surface area contributed by atoms with Gasteiger partial charge in [-0.2, -0.15) is 0 Å². The Bertz CT molecular complexity index is 1120. The van der Waals surface area contributed by atoms with Crippen LogP contribution in [0.5, 0.6) is 5.75 Å². The molecule has 0 radical (unpaired) electrons. The van der Waals surface area contributed by atoms with E-state index in [0.717, 1.165) is 44.4 Å². The van der Waals surface area contributed by atoms with Gasteiger partial charge in [0.25, 0.3) is 0 Å². The van der Waals surface area contributed by atoms with Gasteiger partial charge in [0.15, 0.2) is 15.7 Å². The van der Waals surface area contributed by atoms with Gasteiger partial charge in [0.2, 0.25) is 5.91 Å². The number of piperidine rings is 1. The van der Waals surface area contributed by atoms with Crippen LogP contribution < -0.4 is 9.64 Å². The predicted octanol–water partition coefficient (Wildman–Crippen LogP) is 3.18. The molecular weight excluding hydrogens is 452 g/mol. The molecule has 4 rings (SSSR count). The highest BCUT2D eigenvalue weighted by molar-refractivity contribution is 7.90. The van der Waals surface area contributed by atoms with Crippen molar-refractivity contribution in [1.82, 2.24) is 14.9 Å². The number of aryl methyl sites for hydroxylation is 2. The molecule has 0 N–H and O–H groups in total. The SMILES string of the molecule is Cc1ncc(S(C)(=O)=O)c(N2CCCC(=O)N3CCCCC3CCc3cccc(c3)OCC2)n1. The largest absolute Gasteiger partial charge is 0.492 e. The second kappa shape index (κ2) is 10.7. The summed E-state index contributed by atoms with van der Waals surface area (Å²) in [6.45, 7) is 3.89. The van der Waals surface area contributed by atoms with Crippen LogP contribution in [0.3, 0.4) is 0 Å². The van der Waals surface area contributed by atoms with Crippen LogP contribution in [-0.2, 0) is 21.1 Å². The van der Waals surface area contributed by atoms with Crippen LogP contribution in [0.15, 0.2) is 35.4 Å². The van der Waals surface area contributed by atoms with Crippen molar-refractivity contribution >= 4 is 21.6 Å². The third-order valence-electron chi connectivity index (χ3n) is 6.62. The Labute approximate surface area is 202 Å². The normalized spacial score (nSPS) is 20.6. The molecule has 0 spiro atoms. The second-order valence-corrected chi connectivity index (χ2v) is 11.2. The summed E-state index contributed by atoms with van der Waals surface area (Å²) >= 11 is 0. The molecule has 1 aromatic carbocycles. The third-order valence-corrected chi connectivity index (χ3v) is 7.70. The van der Waals surface area contributed by atoms with Gasteiger partial charge < -0.3 is 14.5 Å². The van der Waals surface area contributed by atoms with Crippen LogP contribution in [0.1, 0.15) is 49.9 Å². The lowest BCUT2D eigenvalue weighted by atomic mass is 9.95. The molecule has 1 aromatic heterocycles. The molecule has 3 heterocycles.